The van der Waals surface area contributed by atoms with Crippen molar-refractivity contribution in [3.05, 3.63) is 70.7 Å². The molecule has 2 N–H and O–H groups in total. The minimum absolute atomic E-state index is 0.0811. The van der Waals surface area contributed by atoms with Crippen molar-refractivity contribution in [1.29, 1.82) is 0 Å². The van der Waals surface area contributed by atoms with Crippen molar-refractivity contribution < 1.29 is 19.4 Å². The van der Waals surface area contributed by atoms with Crippen LogP contribution in [0, 0.1) is 6.92 Å². The summed E-state index contributed by atoms with van der Waals surface area (Å²) in [4.78, 5) is 31.9. The molecular weight excluding hydrogens is 434 g/mol. The highest BCUT2D eigenvalue weighted by molar-refractivity contribution is 6.16. The van der Waals surface area contributed by atoms with Gasteiger partial charge in [-0.2, -0.15) is 0 Å². The second kappa shape index (κ2) is 8.42. The third-order valence-corrected chi connectivity index (χ3v) is 6.45. The first-order valence-electron chi connectivity index (χ1n) is 10.9. The highest BCUT2D eigenvalue weighted by atomic mass is 16.5. The quantitative estimate of drug-likeness (QED) is 0.588. The van der Waals surface area contributed by atoms with Gasteiger partial charge in [-0.1, -0.05) is 42.0 Å². The van der Waals surface area contributed by atoms with E-state index in [9.17, 15) is 9.90 Å². The molecule has 1 amide bonds. The summed E-state index contributed by atoms with van der Waals surface area (Å²) in [5.41, 5.74) is 3.01. The van der Waals surface area contributed by atoms with Crippen LogP contribution in [0.2, 0.25) is 0 Å². The summed E-state index contributed by atoms with van der Waals surface area (Å²) < 4.78 is 11.4. The van der Waals surface area contributed by atoms with Crippen LogP contribution in [-0.2, 0) is 23.4 Å². The zero-order chi connectivity index (χ0) is 23.9. The maximum Gasteiger partial charge on any atom is 0.230 e. The fourth-order valence-corrected chi connectivity index (χ4v) is 4.85. The monoisotopic (exact) mass is 459 g/mol. The van der Waals surface area contributed by atoms with E-state index in [1.807, 2.05) is 37.3 Å². The molecule has 1 aromatic heterocycles. The molecule has 1 saturated heterocycles. The number of hydrogen-bond acceptors (Lipinski definition) is 7. The van der Waals surface area contributed by atoms with Gasteiger partial charge in [0.2, 0.25) is 5.91 Å². The highest BCUT2D eigenvalue weighted by Crippen LogP contribution is 2.52. The predicted molar refractivity (Wildman–Crippen MR) is 127 cm³/mol. The van der Waals surface area contributed by atoms with E-state index in [1.165, 1.54) is 20.6 Å². The van der Waals surface area contributed by atoms with Gasteiger partial charge in [-0.3, -0.25) is 9.69 Å². The van der Waals surface area contributed by atoms with E-state index in [1.54, 1.807) is 17.3 Å². The Bertz CT molecular complexity index is 1310. The number of rotatable bonds is 6. The number of carbonyl (C=O) groups is 1. The van der Waals surface area contributed by atoms with E-state index < -0.39 is 5.41 Å². The number of aromatic amines is 1. The average molecular weight is 460 g/mol. The smallest absolute Gasteiger partial charge is 0.230 e. The number of fused-ring (bicyclic) bond motifs is 3. The van der Waals surface area contributed by atoms with Crippen LogP contribution in [0.25, 0.3) is 0 Å². The summed E-state index contributed by atoms with van der Waals surface area (Å²) in [5, 5.41) is 9.84. The number of aliphatic hydroxyl groups is 1. The summed E-state index contributed by atoms with van der Waals surface area (Å²) >= 11 is 0. The van der Waals surface area contributed by atoms with Gasteiger partial charge >= 0.3 is 0 Å². The zero-order valence-corrected chi connectivity index (χ0v) is 19.2. The van der Waals surface area contributed by atoms with Crippen LogP contribution in [0.15, 0.2) is 52.7 Å². The molecule has 0 spiro atoms. The molecule has 3 aromatic rings. The Morgan fingerprint density at radius 1 is 1.12 bits per heavy atom. The van der Waals surface area contributed by atoms with Crippen LogP contribution in [0.4, 0.5) is 5.82 Å². The molecule has 9 nitrogen and oxygen atoms in total. The number of methoxy groups -OCH3 is 2. The van der Waals surface area contributed by atoms with Crippen molar-refractivity contribution in [3.8, 4) is 11.5 Å². The molecule has 5 rings (SSSR count). The number of benzene rings is 2. The minimum Gasteiger partial charge on any atom is -0.493 e. The Morgan fingerprint density at radius 3 is 2.59 bits per heavy atom. The standard InChI is InChI=1S/C25H25N5O4/c1-15-4-6-16(7-5-15)11-30-19(32)10-25(22-23(27-13-26-22)28-14-29-24(25)30)18-9-8-17(12-31)20(33-2)21(18)34-3/h4-9,13-14,31H,10-12H2,1-3H3,(H,26,27). The lowest BCUT2D eigenvalue weighted by molar-refractivity contribution is -0.126. The summed E-state index contributed by atoms with van der Waals surface area (Å²) in [6.45, 7) is 2.17. The number of ether oxygens (including phenoxy) is 2. The van der Waals surface area contributed by atoms with Crippen molar-refractivity contribution in [3.63, 3.8) is 0 Å². The number of H-pyrrole nitrogens is 1. The molecule has 34 heavy (non-hydrogen) atoms. The third-order valence-electron chi connectivity index (χ3n) is 6.45. The summed E-state index contributed by atoms with van der Waals surface area (Å²) in [5.74, 6) is 1.74. The molecule has 0 radical (unpaired) electrons. The first-order valence-corrected chi connectivity index (χ1v) is 10.9. The van der Waals surface area contributed by atoms with Crippen LogP contribution in [0.1, 0.15) is 34.4 Å². The molecule has 9 heteroatoms. The maximum absolute atomic E-state index is 13.6. The second-order valence-corrected chi connectivity index (χ2v) is 8.34. The van der Waals surface area contributed by atoms with Gasteiger partial charge in [0.05, 0.1) is 39.4 Å². The molecule has 1 unspecified atom stereocenters. The van der Waals surface area contributed by atoms with Gasteiger partial charge in [-0.05, 0) is 12.5 Å². The number of nitrogens with zero attached hydrogens (tertiary/aromatic N) is 4. The topological polar surface area (TPSA) is 112 Å². The van der Waals surface area contributed by atoms with E-state index >= 15 is 0 Å². The van der Waals surface area contributed by atoms with Gasteiger partial charge in [0.25, 0.3) is 0 Å². The van der Waals surface area contributed by atoms with Crippen molar-refractivity contribution in [2.75, 3.05) is 14.2 Å². The number of amidine groups is 1. The summed E-state index contributed by atoms with van der Waals surface area (Å²) in [6, 6.07) is 11.7. The number of amides is 1. The first kappa shape index (κ1) is 21.8. The number of aliphatic imine (C=N–C) groups is 2. The lowest BCUT2D eigenvalue weighted by Gasteiger charge is -2.31. The molecule has 0 saturated carbocycles. The van der Waals surface area contributed by atoms with Crippen molar-refractivity contribution in [2.24, 2.45) is 9.98 Å². The van der Waals surface area contributed by atoms with Gasteiger partial charge in [0, 0.05) is 17.5 Å². The number of aryl methyl sites for hydroxylation is 1. The van der Waals surface area contributed by atoms with E-state index in [0.29, 0.717) is 46.5 Å². The molecule has 2 aliphatic heterocycles. The molecular formula is C25H25N5O4. The minimum atomic E-state index is -1.03. The number of nitrogens with one attached hydrogen (secondary N) is 1. The van der Waals surface area contributed by atoms with Gasteiger partial charge in [0.15, 0.2) is 17.3 Å². The van der Waals surface area contributed by atoms with Crippen LogP contribution < -0.4 is 9.47 Å². The van der Waals surface area contributed by atoms with Crippen molar-refractivity contribution in [1.82, 2.24) is 14.9 Å². The number of aliphatic hydroxyl groups excluding tert-OH is 1. The Labute approximate surface area is 196 Å². The molecule has 174 valence electrons. The Morgan fingerprint density at radius 2 is 1.88 bits per heavy atom. The van der Waals surface area contributed by atoms with Crippen LogP contribution in [0.5, 0.6) is 11.5 Å². The molecule has 1 atom stereocenters. The fraction of sp³-hybridized carbons (Fsp3) is 0.280. The predicted octanol–water partition coefficient (Wildman–Crippen LogP) is 3.02. The normalized spacial score (nSPS) is 18.9. The van der Waals surface area contributed by atoms with Gasteiger partial charge in [0.1, 0.15) is 17.6 Å². The Balaban J connectivity index is 1.74. The first-order chi connectivity index (χ1) is 16.5. The Kier molecular flexibility index (Phi) is 5.41. The van der Waals surface area contributed by atoms with Crippen LogP contribution in [-0.4, -0.2) is 52.3 Å². The Hall–Kier alpha value is -3.98. The molecule has 2 aromatic carbocycles. The van der Waals surface area contributed by atoms with Gasteiger partial charge in [-0.25, -0.2) is 15.0 Å². The van der Waals surface area contributed by atoms with Crippen LogP contribution >= 0.6 is 0 Å². The van der Waals surface area contributed by atoms with E-state index in [0.717, 1.165) is 11.1 Å². The third kappa shape index (κ3) is 3.19. The van der Waals surface area contributed by atoms with E-state index in [2.05, 4.69) is 20.0 Å². The molecule has 0 aliphatic carbocycles. The molecule has 1 fully saturated rings. The molecule has 2 aliphatic rings. The maximum atomic E-state index is 13.6. The highest BCUT2D eigenvalue weighted by Gasteiger charge is 2.56. The molecule has 0 bridgehead atoms. The largest absolute Gasteiger partial charge is 0.493 e. The lowest BCUT2D eigenvalue weighted by Crippen LogP contribution is -2.40. The molecule has 3 heterocycles. The van der Waals surface area contributed by atoms with Crippen molar-refractivity contribution in [2.45, 2.75) is 31.9 Å². The SMILES string of the molecule is COc1c(CO)ccc(C23CC(=O)N(Cc4ccc(C)cc4)C2=NC=Nc2nc[nH]c23)c1OC. The average Bonchev–Trinajstić information content (AvgIpc) is 3.39. The lowest BCUT2D eigenvalue weighted by atomic mass is 9.74. The van der Waals surface area contributed by atoms with Crippen LogP contribution in [0.3, 0.4) is 0 Å². The summed E-state index contributed by atoms with van der Waals surface area (Å²) in [7, 11) is 3.06. The second-order valence-electron chi connectivity index (χ2n) is 8.34. The van der Waals surface area contributed by atoms with E-state index in [-0.39, 0.29) is 18.9 Å². The zero-order valence-electron chi connectivity index (χ0n) is 19.2. The number of carbonyl (C=O) groups excluding carboxylic acids is 1. The number of likely N-dealkylation sites (tertiary alicyclic amines) is 1. The van der Waals surface area contributed by atoms with E-state index in [4.69, 9.17) is 9.47 Å². The van der Waals surface area contributed by atoms with Gasteiger partial charge < -0.3 is 19.6 Å². The van der Waals surface area contributed by atoms with Crippen molar-refractivity contribution >= 4 is 23.9 Å². The number of imidazole rings is 1. The fourth-order valence-electron chi connectivity index (χ4n) is 4.85. The summed E-state index contributed by atoms with van der Waals surface area (Å²) in [6.07, 6.45) is 3.10. The number of aromatic nitrogens is 2. The number of hydrogen-bond donors (Lipinski definition) is 2. The van der Waals surface area contributed by atoms with Gasteiger partial charge in [-0.15, -0.1) is 0 Å².